The maximum Gasteiger partial charge on any atom is 0.276 e. The Labute approximate surface area is 193 Å². The quantitative estimate of drug-likeness (QED) is 0.427. The zero-order chi connectivity index (χ0) is 22.8. The summed E-state index contributed by atoms with van der Waals surface area (Å²) in [6, 6.07) is 15.1. The van der Waals surface area contributed by atoms with Crippen LogP contribution in [0.25, 0.3) is 11.0 Å². The molecule has 8 nitrogen and oxygen atoms in total. The van der Waals surface area contributed by atoms with Gasteiger partial charge in [-0.15, -0.1) is 0 Å². The summed E-state index contributed by atoms with van der Waals surface area (Å²) in [4.78, 5) is 17.7. The molecule has 1 N–H and O–H groups in total. The van der Waals surface area contributed by atoms with E-state index in [1.807, 2.05) is 42.7 Å². The van der Waals surface area contributed by atoms with Crippen LogP contribution in [0.15, 0.2) is 46.9 Å². The molecule has 0 saturated heterocycles. The minimum atomic E-state index is -0.306. The second kappa shape index (κ2) is 8.85. The molecule has 2 aromatic carbocycles. The van der Waals surface area contributed by atoms with Crippen molar-refractivity contribution in [1.29, 1.82) is 5.26 Å². The van der Waals surface area contributed by atoms with E-state index >= 15 is 0 Å². The van der Waals surface area contributed by atoms with E-state index in [2.05, 4.69) is 37.4 Å². The van der Waals surface area contributed by atoms with Crippen molar-refractivity contribution in [3.8, 4) is 11.8 Å². The lowest BCUT2D eigenvalue weighted by molar-refractivity contribution is 0.101. The number of aryl methyl sites for hydroxylation is 2. The number of anilines is 1. The molecule has 0 spiro atoms. The summed E-state index contributed by atoms with van der Waals surface area (Å²) in [6.45, 7) is 4.80. The number of methoxy groups -OCH3 is 1. The Hall–Kier alpha value is -3.64. The summed E-state index contributed by atoms with van der Waals surface area (Å²) in [7, 11) is 1.55. The molecule has 0 aliphatic rings. The highest BCUT2D eigenvalue weighted by molar-refractivity contribution is 9.10. The van der Waals surface area contributed by atoms with Gasteiger partial charge in [0.2, 0.25) is 5.95 Å². The highest BCUT2D eigenvalue weighted by Crippen LogP contribution is 2.31. The Balaban J connectivity index is 1.83. The van der Waals surface area contributed by atoms with Crippen LogP contribution in [0.5, 0.6) is 5.75 Å². The van der Waals surface area contributed by atoms with E-state index < -0.39 is 0 Å². The number of hydrogen-bond acceptors (Lipinski definition) is 5. The largest absolute Gasteiger partial charge is 0.494 e. The lowest BCUT2D eigenvalue weighted by Gasteiger charge is -2.13. The molecule has 0 fully saturated rings. The molecule has 0 atom stereocenters. The summed E-state index contributed by atoms with van der Waals surface area (Å²) in [6.07, 6.45) is 0. The minimum Gasteiger partial charge on any atom is -0.494 e. The molecule has 1 amide bonds. The van der Waals surface area contributed by atoms with E-state index in [1.165, 1.54) is 0 Å². The molecule has 2 heterocycles. The Morgan fingerprint density at radius 3 is 2.66 bits per heavy atom. The molecule has 0 bridgehead atoms. The molecule has 0 radical (unpaired) electrons. The first-order valence-corrected chi connectivity index (χ1v) is 10.8. The van der Waals surface area contributed by atoms with E-state index in [0.29, 0.717) is 47.1 Å². The van der Waals surface area contributed by atoms with Gasteiger partial charge in [0.15, 0.2) is 0 Å². The average Bonchev–Trinajstić information content (AvgIpc) is 3.34. The highest BCUT2D eigenvalue weighted by atomic mass is 79.9. The fourth-order valence-electron chi connectivity index (χ4n) is 3.61. The third-order valence-corrected chi connectivity index (χ3v) is 5.60. The van der Waals surface area contributed by atoms with Gasteiger partial charge in [0.05, 0.1) is 36.5 Å². The number of benzene rings is 2. The van der Waals surface area contributed by atoms with E-state index in [0.717, 1.165) is 15.7 Å². The Bertz CT molecular complexity index is 1350. The fraction of sp³-hybridized carbons (Fsp3) is 0.217. The van der Waals surface area contributed by atoms with Gasteiger partial charge in [0.1, 0.15) is 17.0 Å². The van der Waals surface area contributed by atoms with Gasteiger partial charge < -0.3 is 9.30 Å². The monoisotopic (exact) mass is 492 g/mol. The van der Waals surface area contributed by atoms with Crippen molar-refractivity contribution >= 4 is 38.8 Å². The number of aromatic nitrogens is 4. The summed E-state index contributed by atoms with van der Waals surface area (Å²) in [5.41, 5.74) is 3.93. The van der Waals surface area contributed by atoms with Crippen molar-refractivity contribution in [1.82, 2.24) is 19.3 Å². The van der Waals surface area contributed by atoms with Gasteiger partial charge in [-0.2, -0.15) is 10.4 Å². The number of carbonyl (C=O) groups is 1. The van der Waals surface area contributed by atoms with Gasteiger partial charge in [0, 0.05) is 17.1 Å². The van der Waals surface area contributed by atoms with Crippen molar-refractivity contribution in [2.75, 3.05) is 12.4 Å². The van der Waals surface area contributed by atoms with Crippen molar-refractivity contribution in [3.05, 3.63) is 69.5 Å². The summed E-state index contributed by atoms with van der Waals surface area (Å²) < 4.78 is 10.1. The number of imidazole rings is 1. The SMILES string of the molecule is CCn1nc(C)cc1C(=O)Nc1nc2cc(C#N)cc(OC)c2n1Cc1ccc(Br)cc1. The summed E-state index contributed by atoms with van der Waals surface area (Å²) in [5, 5.41) is 16.7. The number of hydrogen-bond donors (Lipinski definition) is 1. The van der Waals surface area contributed by atoms with E-state index in [1.54, 1.807) is 30.0 Å². The highest BCUT2D eigenvalue weighted by Gasteiger charge is 2.21. The molecule has 0 aliphatic heterocycles. The number of rotatable bonds is 6. The maximum atomic E-state index is 13.1. The van der Waals surface area contributed by atoms with E-state index in [9.17, 15) is 10.1 Å². The van der Waals surface area contributed by atoms with Crippen LogP contribution in [0.4, 0.5) is 5.95 Å². The molecule has 4 aromatic rings. The van der Waals surface area contributed by atoms with Gasteiger partial charge in [-0.25, -0.2) is 4.98 Å². The maximum absolute atomic E-state index is 13.1. The summed E-state index contributed by atoms with van der Waals surface area (Å²) >= 11 is 3.46. The normalized spacial score (nSPS) is 10.8. The van der Waals surface area contributed by atoms with Crippen LogP contribution in [0.3, 0.4) is 0 Å². The number of ether oxygens (including phenoxy) is 1. The first-order chi connectivity index (χ1) is 15.4. The minimum absolute atomic E-state index is 0.306. The smallest absolute Gasteiger partial charge is 0.276 e. The topological polar surface area (TPSA) is 97.8 Å². The lowest BCUT2D eigenvalue weighted by atomic mass is 10.2. The van der Waals surface area contributed by atoms with Crippen LogP contribution in [0.2, 0.25) is 0 Å². The van der Waals surface area contributed by atoms with Gasteiger partial charge in [0.25, 0.3) is 5.91 Å². The van der Waals surface area contributed by atoms with Gasteiger partial charge in [-0.05, 0) is 43.7 Å². The average molecular weight is 493 g/mol. The molecule has 0 saturated carbocycles. The molecule has 0 unspecified atom stereocenters. The van der Waals surface area contributed by atoms with Crippen LogP contribution in [0.1, 0.15) is 34.2 Å². The Morgan fingerprint density at radius 1 is 1.25 bits per heavy atom. The first-order valence-electron chi connectivity index (χ1n) is 10.0. The van der Waals surface area contributed by atoms with Crippen molar-refractivity contribution < 1.29 is 9.53 Å². The molecule has 4 rings (SSSR count). The second-order valence-corrected chi connectivity index (χ2v) is 8.16. The van der Waals surface area contributed by atoms with Gasteiger partial charge >= 0.3 is 0 Å². The number of halogens is 1. The molecule has 0 aliphatic carbocycles. The number of nitriles is 1. The number of fused-ring (bicyclic) bond motifs is 1. The zero-order valence-corrected chi connectivity index (χ0v) is 19.5. The third kappa shape index (κ3) is 4.09. The second-order valence-electron chi connectivity index (χ2n) is 7.25. The number of nitrogens with zero attached hydrogens (tertiary/aromatic N) is 5. The van der Waals surface area contributed by atoms with Crippen LogP contribution in [0, 0.1) is 18.3 Å². The molecule has 2 aromatic heterocycles. The zero-order valence-electron chi connectivity index (χ0n) is 17.9. The number of nitrogens with one attached hydrogen (secondary N) is 1. The van der Waals surface area contributed by atoms with Crippen LogP contribution in [-0.4, -0.2) is 32.3 Å². The lowest BCUT2D eigenvalue weighted by Crippen LogP contribution is -2.20. The molecule has 9 heteroatoms. The molecular formula is C23H21BrN6O2. The summed E-state index contributed by atoms with van der Waals surface area (Å²) in [5.74, 6) is 0.570. The van der Waals surface area contributed by atoms with E-state index in [-0.39, 0.29) is 5.91 Å². The van der Waals surface area contributed by atoms with Crippen molar-refractivity contribution in [2.45, 2.75) is 26.9 Å². The standard InChI is InChI=1S/C23H21BrN6O2/c1-4-30-19(9-14(2)28-30)22(31)27-23-26-18-10-16(12-25)11-20(32-3)21(18)29(23)13-15-5-7-17(24)8-6-15/h5-11H,4,13H2,1-3H3,(H,26,27,31). The van der Waals surface area contributed by atoms with E-state index in [4.69, 9.17) is 4.74 Å². The Kier molecular flexibility index (Phi) is 5.97. The number of amides is 1. The van der Waals surface area contributed by atoms with Crippen molar-refractivity contribution in [2.24, 2.45) is 0 Å². The van der Waals surface area contributed by atoms with Gasteiger partial charge in [-0.3, -0.25) is 14.8 Å². The predicted octanol–water partition coefficient (Wildman–Crippen LogP) is 4.50. The van der Waals surface area contributed by atoms with Crippen molar-refractivity contribution in [3.63, 3.8) is 0 Å². The molecule has 32 heavy (non-hydrogen) atoms. The predicted molar refractivity (Wildman–Crippen MR) is 125 cm³/mol. The van der Waals surface area contributed by atoms with Crippen LogP contribution in [-0.2, 0) is 13.1 Å². The first kappa shape index (κ1) is 21.6. The Morgan fingerprint density at radius 2 is 2.00 bits per heavy atom. The van der Waals surface area contributed by atoms with Gasteiger partial charge in [-0.1, -0.05) is 28.1 Å². The van der Waals surface area contributed by atoms with Crippen LogP contribution < -0.4 is 10.1 Å². The fourth-order valence-corrected chi connectivity index (χ4v) is 3.87. The number of carbonyl (C=O) groups excluding carboxylic acids is 1. The van der Waals surface area contributed by atoms with Crippen LogP contribution >= 0.6 is 15.9 Å². The third-order valence-electron chi connectivity index (χ3n) is 5.07. The molecular weight excluding hydrogens is 472 g/mol. The molecule has 162 valence electrons.